The summed E-state index contributed by atoms with van der Waals surface area (Å²) in [6.45, 7) is 10.9. The highest BCUT2D eigenvalue weighted by molar-refractivity contribution is 5.68. The number of likely N-dealkylation sites (tertiary alicyclic amines) is 1. The van der Waals surface area contributed by atoms with Crippen LogP contribution in [0.15, 0.2) is 30.3 Å². The molecule has 30 heavy (non-hydrogen) atoms. The van der Waals surface area contributed by atoms with Crippen molar-refractivity contribution in [1.29, 1.82) is 0 Å². The maximum Gasteiger partial charge on any atom is 0.410 e. The van der Waals surface area contributed by atoms with Crippen LogP contribution in [-0.4, -0.2) is 60.0 Å². The Morgan fingerprint density at radius 2 is 1.90 bits per heavy atom. The van der Waals surface area contributed by atoms with E-state index in [1.165, 1.54) is 5.56 Å². The van der Waals surface area contributed by atoms with Gasteiger partial charge in [-0.3, -0.25) is 4.79 Å². The SMILES string of the molecule is CCCC(=O)O.CO[C@H]1CN(C(=O)OC(C)(C)C)CC[C@H]1N[C@H](C)c1ccccc1. The van der Waals surface area contributed by atoms with E-state index < -0.39 is 11.6 Å². The number of carbonyl (C=O) groups excluding carboxylic acids is 1. The molecule has 170 valence electrons. The molecular formula is C23H38N2O5. The first kappa shape index (κ1) is 25.9. The lowest BCUT2D eigenvalue weighted by atomic mass is 9.99. The fourth-order valence-corrected chi connectivity index (χ4v) is 3.21. The average Bonchev–Trinajstić information content (AvgIpc) is 2.68. The third kappa shape index (κ3) is 9.59. The normalized spacial score (nSPS) is 20.0. The number of carboxylic acid groups (broad SMARTS) is 1. The second kappa shape index (κ2) is 12.5. The number of methoxy groups -OCH3 is 1. The van der Waals surface area contributed by atoms with Gasteiger partial charge >= 0.3 is 12.1 Å². The smallest absolute Gasteiger partial charge is 0.410 e. The van der Waals surface area contributed by atoms with Crippen LogP contribution in [0, 0.1) is 0 Å². The van der Waals surface area contributed by atoms with E-state index in [0.29, 0.717) is 19.5 Å². The van der Waals surface area contributed by atoms with Gasteiger partial charge in [0, 0.05) is 32.2 Å². The molecule has 1 heterocycles. The third-order valence-electron chi connectivity index (χ3n) is 4.74. The second-order valence-electron chi connectivity index (χ2n) is 8.54. The van der Waals surface area contributed by atoms with Gasteiger partial charge in [-0.1, -0.05) is 37.3 Å². The summed E-state index contributed by atoms with van der Waals surface area (Å²) in [6.07, 6.45) is 1.56. The maximum atomic E-state index is 12.3. The number of hydrogen-bond acceptors (Lipinski definition) is 5. The summed E-state index contributed by atoms with van der Waals surface area (Å²) in [5.41, 5.74) is 0.776. The zero-order chi connectivity index (χ0) is 22.7. The molecule has 1 amide bonds. The van der Waals surface area contributed by atoms with Crippen molar-refractivity contribution in [1.82, 2.24) is 10.2 Å². The number of rotatable bonds is 6. The number of benzene rings is 1. The first-order valence-electron chi connectivity index (χ1n) is 10.6. The number of nitrogens with zero attached hydrogens (tertiary/aromatic N) is 1. The van der Waals surface area contributed by atoms with E-state index in [9.17, 15) is 9.59 Å². The Kier molecular flexibility index (Phi) is 10.8. The molecule has 2 N–H and O–H groups in total. The highest BCUT2D eigenvalue weighted by Crippen LogP contribution is 2.21. The first-order chi connectivity index (χ1) is 14.1. The van der Waals surface area contributed by atoms with E-state index in [-0.39, 0.29) is 24.3 Å². The van der Waals surface area contributed by atoms with Crippen molar-refractivity contribution in [3.63, 3.8) is 0 Å². The van der Waals surface area contributed by atoms with Gasteiger partial charge in [-0.2, -0.15) is 0 Å². The van der Waals surface area contributed by atoms with Gasteiger partial charge in [0.25, 0.3) is 0 Å². The number of ether oxygens (including phenoxy) is 2. The summed E-state index contributed by atoms with van der Waals surface area (Å²) >= 11 is 0. The molecule has 0 aliphatic carbocycles. The fourth-order valence-electron chi connectivity index (χ4n) is 3.21. The third-order valence-corrected chi connectivity index (χ3v) is 4.74. The molecule has 0 aromatic heterocycles. The summed E-state index contributed by atoms with van der Waals surface area (Å²) in [6, 6.07) is 10.8. The van der Waals surface area contributed by atoms with E-state index in [4.69, 9.17) is 14.6 Å². The predicted molar refractivity (Wildman–Crippen MR) is 118 cm³/mol. The molecule has 1 aliphatic rings. The molecule has 1 fully saturated rings. The summed E-state index contributed by atoms with van der Waals surface area (Å²) in [4.78, 5) is 23.6. The molecule has 0 unspecified atom stereocenters. The number of hydrogen-bond donors (Lipinski definition) is 2. The van der Waals surface area contributed by atoms with Crippen LogP contribution in [0.5, 0.6) is 0 Å². The van der Waals surface area contributed by atoms with Crippen LogP contribution in [0.4, 0.5) is 4.79 Å². The van der Waals surface area contributed by atoms with Crippen molar-refractivity contribution in [2.75, 3.05) is 20.2 Å². The van der Waals surface area contributed by atoms with Crippen molar-refractivity contribution in [2.24, 2.45) is 0 Å². The minimum atomic E-state index is -0.711. The molecule has 0 bridgehead atoms. The Morgan fingerprint density at radius 3 is 2.37 bits per heavy atom. The van der Waals surface area contributed by atoms with Crippen molar-refractivity contribution in [3.05, 3.63) is 35.9 Å². The lowest BCUT2D eigenvalue weighted by molar-refractivity contribution is -0.137. The van der Waals surface area contributed by atoms with E-state index in [0.717, 1.165) is 12.8 Å². The highest BCUT2D eigenvalue weighted by atomic mass is 16.6. The standard InChI is InChI=1S/C19H30N2O3.C4H8O2/c1-14(15-9-7-6-8-10-15)20-16-11-12-21(13-17(16)23-5)18(22)24-19(2,3)4;1-2-3-4(5)6/h6-10,14,16-17,20H,11-13H2,1-5H3;2-3H2,1H3,(H,5,6)/t14-,16-,17+;/m1./s1. The molecule has 1 aromatic carbocycles. The minimum absolute atomic E-state index is 0.0440. The van der Waals surface area contributed by atoms with Crippen molar-refractivity contribution in [3.8, 4) is 0 Å². The van der Waals surface area contributed by atoms with E-state index >= 15 is 0 Å². The summed E-state index contributed by atoms with van der Waals surface area (Å²) in [7, 11) is 1.70. The van der Waals surface area contributed by atoms with E-state index in [2.05, 4.69) is 24.4 Å². The molecule has 0 saturated carbocycles. The van der Waals surface area contributed by atoms with Gasteiger partial charge < -0.3 is 24.8 Å². The first-order valence-corrected chi connectivity index (χ1v) is 10.6. The summed E-state index contributed by atoms with van der Waals surface area (Å²) in [5, 5.41) is 11.6. The second-order valence-corrected chi connectivity index (χ2v) is 8.54. The minimum Gasteiger partial charge on any atom is -0.481 e. The van der Waals surface area contributed by atoms with E-state index in [1.807, 2.05) is 45.9 Å². The van der Waals surface area contributed by atoms with E-state index in [1.54, 1.807) is 12.0 Å². The van der Waals surface area contributed by atoms with Gasteiger partial charge in [-0.25, -0.2) is 4.79 Å². The summed E-state index contributed by atoms with van der Waals surface area (Å²) in [5.74, 6) is -0.711. The van der Waals surface area contributed by atoms with Gasteiger partial charge in [0.2, 0.25) is 0 Å². The quantitative estimate of drug-likeness (QED) is 0.713. The van der Waals surface area contributed by atoms with Crippen LogP contribution in [0.3, 0.4) is 0 Å². The average molecular weight is 423 g/mol. The Balaban J connectivity index is 0.000000656. The van der Waals surface area contributed by atoms with Gasteiger partial charge in [0.15, 0.2) is 0 Å². The Labute approximate surface area is 180 Å². The lowest BCUT2D eigenvalue weighted by Crippen LogP contribution is -2.55. The number of carboxylic acids is 1. The van der Waals surface area contributed by atoms with Crippen LogP contribution < -0.4 is 5.32 Å². The monoisotopic (exact) mass is 422 g/mol. The molecule has 0 spiro atoms. The Morgan fingerprint density at radius 1 is 1.27 bits per heavy atom. The van der Waals surface area contributed by atoms with Crippen LogP contribution >= 0.6 is 0 Å². The number of piperidine rings is 1. The molecule has 1 aliphatic heterocycles. The van der Waals surface area contributed by atoms with Crippen LogP contribution in [0.25, 0.3) is 0 Å². The molecule has 0 radical (unpaired) electrons. The molecule has 3 atom stereocenters. The largest absolute Gasteiger partial charge is 0.481 e. The van der Waals surface area contributed by atoms with Crippen LogP contribution in [0.2, 0.25) is 0 Å². The molecular weight excluding hydrogens is 384 g/mol. The highest BCUT2D eigenvalue weighted by Gasteiger charge is 2.34. The van der Waals surface area contributed by atoms with Crippen molar-refractivity contribution < 1.29 is 24.2 Å². The topological polar surface area (TPSA) is 88.1 Å². The molecule has 1 saturated heterocycles. The predicted octanol–water partition coefficient (Wildman–Crippen LogP) is 4.23. The van der Waals surface area contributed by atoms with Crippen LogP contribution in [-0.2, 0) is 14.3 Å². The van der Waals surface area contributed by atoms with Gasteiger partial charge in [0.1, 0.15) is 5.60 Å². The number of aliphatic carboxylic acids is 1. The molecule has 2 rings (SSSR count). The number of carbonyl (C=O) groups is 2. The maximum absolute atomic E-state index is 12.3. The molecule has 1 aromatic rings. The Bertz CT molecular complexity index is 645. The van der Waals surface area contributed by atoms with Gasteiger partial charge in [-0.05, 0) is 46.1 Å². The fraction of sp³-hybridized carbons (Fsp3) is 0.652. The molecule has 7 heteroatoms. The van der Waals surface area contributed by atoms with Gasteiger partial charge in [0.05, 0.1) is 12.6 Å². The number of nitrogens with one attached hydrogen (secondary N) is 1. The van der Waals surface area contributed by atoms with Crippen molar-refractivity contribution in [2.45, 2.75) is 77.7 Å². The Hall–Kier alpha value is -2.12. The zero-order valence-corrected chi connectivity index (χ0v) is 19.2. The number of amides is 1. The zero-order valence-electron chi connectivity index (χ0n) is 19.2. The van der Waals surface area contributed by atoms with Crippen molar-refractivity contribution >= 4 is 12.1 Å². The molecule has 7 nitrogen and oxygen atoms in total. The lowest BCUT2D eigenvalue weighted by Gasteiger charge is -2.39. The van der Waals surface area contributed by atoms with Crippen LogP contribution in [0.1, 0.15) is 65.5 Å². The van der Waals surface area contributed by atoms with Gasteiger partial charge in [-0.15, -0.1) is 0 Å². The summed E-state index contributed by atoms with van der Waals surface area (Å²) < 4.78 is 11.1.